The lowest BCUT2D eigenvalue weighted by Gasteiger charge is -2.29. The fraction of sp³-hybridized carbons (Fsp3) is 0.364. The summed E-state index contributed by atoms with van der Waals surface area (Å²) in [5.41, 5.74) is 7.50. The number of fused-ring (bicyclic) bond motifs is 1. The van der Waals surface area contributed by atoms with Gasteiger partial charge in [0, 0.05) is 19.0 Å². The first-order chi connectivity index (χ1) is 13.1. The molecule has 1 heterocycles. The minimum atomic E-state index is -0.682. The van der Waals surface area contributed by atoms with Gasteiger partial charge in [0.05, 0.1) is 20.6 Å². The van der Waals surface area contributed by atoms with Crippen molar-refractivity contribution >= 4 is 27.5 Å². The third-order valence-electron chi connectivity index (χ3n) is 5.48. The molecule has 140 valence electrons. The van der Waals surface area contributed by atoms with Gasteiger partial charge < -0.3 is 11.1 Å². The van der Waals surface area contributed by atoms with Crippen molar-refractivity contribution < 1.29 is 4.79 Å². The van der Waals surface area contributed by atoms with Gasteiger partial charge in [-0.3, -0.25) is 4.79 Å². The van der Waals surface area contributed by atoms with Crippen LogP contribution in [0.4, 0.5) is 0 Å². The van der Waals surface area contributed by atoms with Gasteiger partial charge in [-0.2, -0.15) is 0 Å². The van der Waals surface area contributed by atoms with Gasteiger partial charge in [-0.25, -0.2) is 4.98 Å². The highest BCUT2D eigenvalue weighted by Gasteiger charge is 2.37. The second-order valence-electron chi connectivity index (χ2n) is 7.66. The molecule has 0 spiro atoms. The number of nitrogens with two attached hydrogens (primary N) is 1. The first-order valence-electron chi connectivity index (χ1n) is 9.50. The van der Waals surface area contributed by atoms with Crippen LogP contribution in [0.5, 0.6) is 0 Å². The zero-order valence-corrected chi connectivity index (χ0v) is 16.3. The van der Waals surface area contributed by atoms with Crippen LogP contribution in [-0.4, -0.2) is 23.5 Å². The van der Waals surface area contributed by atoms with E-state index in [1.54, 1.807) is 11.3 Å². The number of carbonyl (C=O) groups excluding carboxylic acids is 1. The van der Waals surface area contributed by atoms with Gasteiger partial charge in [0.2, 0.25) is 5.91 Å². The van der Waals surface area contributed by atoms with Crippen LogP contribution in [0.3, 0.4) is 0 Å². The highest BCUT2D eigenvalue weighted by Crippen LogP contribution is 2.33. The number of para-hydroxylation sites is 1. The molecule has 3 N–H and O–H groups in total. The Morgan fingerprint density at radius 2 is 1.93 bits per heavy atom. The molecule has 4 rings (SSSR count). The van der Waals surface area contributed by atoms with E-state index in [4.69, 9.17) is 10.7 Å². The summed E-state index contributed by atoms with van der Waals surface area (Å²) in [5, 5.41) is 4.09. The van der Waals surface area contributed by atoms with Crippen molar-refractivity contribution in [3.63, 3.8) is 0 Å². The van der Waals surface area contributed by atoms with Crippen molar-refractivity contribution in [1.29, 1.82) is 0 Å². The predicted octanol–water partition coefficient (Wildman–Crippen LogP) is 3.65. The molecule has 1 fully saturated rings. The Morgan fingerprint density at radius 3 is 2.63 bits per heavy atom. The topological polar surface area (TPSA) is 68.0 Å². The SMILES string of the molecule is CC(Cc1nc2ccccc2s1)(C(=O)NCC(N)C1CC1)c1ccccc1. The van der Waals surface area contributed by atoms with Gasteiger partial charge in [-0.1, -0.05) is 42.5 Å². The number of amides is 1. The summed E-state index contributed by atoms with van der Waals surface area (Å²) < 4.78 is 1.15. The third kappa shape index (κ3) is 3.89. The maximum Gasteiger partial charge on any atom is 0.230 e. The minimum absolute atomic E-state index is 0.0176. The number of rotatable bonds is 7. The molecule has 3 aromatic rings. The van der Waals surface area contributed by atoms with E-state index in [2.05, 4.69) is 11.4 Å². The lowest BCUT2D eigenvalue weighted by atomic mass is 9.78. The zero-order valence-electron chi connectivity index (χ0n) is 15.5. The minimum Gasteiger partial charge on any atom is -0.354 e. The van der Waals surface area contributed by atoms with Crippen LogP contribution in [0, 0.1) is 5.92 Å². The first kappa shape index (κ1) is 18.1. The molecule has 1 aliphatic rings. The van der Waals surface area contributed by atoms with E-state index in [0.717, 1.165) is 20.8 Å². The van der Waals surface area contributed by atoms with E-state index in [1.807, 2.05) is 55.5 Å². The van der Waals surface area contributed by atoms with E-state index >= 15 is 0 Å². The van der Waals surface area contributed by atoms with Crippen molar-refractivity contribution in [2.75, 3.05) is 6.54 Å². The van der Waals surface area contributed by atoms with Gasteiger partial charge in [-0.05, 0) is 43.4 Å². The van der Waals surface area contributed by atoms with Gasteiger partial charge in [0.15, 0.2) is 0 Å². The van der Waals surface area contributed by atoms with Crippen molar-refractivity contribution in [2.45, 2.75) is 37.6 Å². The molecule has 0 radical (unpaired) electrons. The van der Waals surface area contributed by atoms with Crippen molar-refractivity contribution in [1.82, 2.24) is 10.3 Å². The molecule has 1 aromatic heterocycles. The normalized spacial score (nSPS) is 17.4. The number of carbonyl (C=O) groups is 1. The molecule has 1 amide bonds. The summed E-state index contributed by atoms with van der Waals surface area (Å²) in [5.74, 6) is 0.585. The fourth-order valence-electron chi connectivity index (χ4n) is 3.51. The monoisotopic (exact) mass is 379 g/mol. The second kappa shape index (κ2) is 7.41. The Hall–Kier alpha value is -2.24. The zero-order chi connectivity index (χ0) is 18.9. The van der Waals surface area contributed by atoms with Crippen LogP contribution in [0.25, 0.3) is 10.2 Å². The van der Waals surface area contributed by atoms with Crippen LogP contribution in [-0.2, 0) is 16.6 Å². The number of nitrogens with zero attached hydrogens (tertiary/aromatic N) is 1. The van der Waals surface area contributed by atoms with Crippen molar-refractivity contribution in [2.24, 2.45) is 11.7 Å². The summed E-state index contributed by atoms with van der Waals surface area (Å²) >= 11 is 1.66. The van der Waals surface area contributed by atoms with Gasteiger partial charge in [-0.15, -0.1) is 11.3 Å². The van der Waals surface area contributed by atoms with Gasteiger partial charge in [0.1, 0.15) is 0 Å². The smallest absolute Gasteiger partial charge is 0.230 e. The summed E-state index contributed by atoms with van der Waals surface area (Å²) in [4.78, 5) is 18.0. The molecule has 1 aliphatic carbocycles. The van der Waals surface area contributed by atoms with Crippen molar-refractivity contribution in [3.05, 3.63) is 65.2 Å². The molecular weight excluding hydrogens is 354 g/mol. The molecular formula is C22H25N3OS. The number of hydrogen-bond donors (Lipinski definition) is 2. The van der Waals surface area contributed by atoms with E-state index in [0.29, 0.717) is 18.9 Å². The average Bonchev–Trinajstić information content (AvgIpc) is 3.46. The third-order valence-corrected chi connectivity index (χ3v) is 6.52. The number of benzene rings is 2. The van der Waals surface area contributed by atoms with E-state index < -0.39 is 5.41 Å². The first-order valence-corrected chi connectivity index (χ1v) is 10.3. The van der Waals surface area contributed by atoms with E-state index in [1.165, 1.54) is 12.8 Å². The molecule has 2 unspecified atom stereocenters. The Morgan fingerprint density at radius 1 is 1.22 bits per heavy atom. The molecule has 0 bridgehead atoms. The predicted molar refractivity (Wildman–Crippen MR) is 111 cm³/mol. The highest BCUT2D eigenvalue weighted by atomic mass is 32.1. The summed E-state index contributed by atoms with van der Waals surface area (Å²) in [6.45, 7) is 2.54. The van der Waals surface area contributed by atoms with E-state index in [-0.39, 0.29) is 11.9 Å². The Labute approximate surface area is 163 Å². The highest BCUT2D eigenvalue weighted by molar-refractivity contribution is 7.18. The van der Waals surface area contributed by atoms with Crippen LogP contribution >= 0.6 is 11.3 Å². The largest absolute Gasteiger partial charge is 0.354 e. The molecule has 0 aliphatic heterocycles. The maximum atomic E-state index is 13.2. The number of hydrogen-bond acceptors (Lipinski definition) is 4. The lowest BCUT2D eigenvalue weighted by Crippen LogP contribution is -2.48. The summed E-state index contributed by atoms with van der Waals surface area (Å²) in [6, 6.07) is 18.1. The van der Waals surface area contributed by atoms with Crippen LogP contribution in [0.2, 0.25) is 0 Å². The molecule has 2 atom stereocenters. The molecule has 5 heteroatoms. The van der Waals surface area contributed by atoms with E-state index in [9.17, 15) is 4.79 Å². The summed E-state index contributed by atoms with van der Waals surface area (Å²) in [6.07, 6.45) is 2.93. The fourth-order valence-corrected chi connectivity index (χ4v) is 4.64. The van der Waals surface area contributed by atoms with Crippen LogP contribution < -0.4 is 11.1 Å². The standard InChI is InChI=1S/C22H25N3OS/c1-22(16-7-3-2-4-8-16,21(26)24-14-17(23)15-11-12-15)13-20-25-18-9-5-6-10-19(18)27-20/h2-10,15,17H,11-14,23H2,1H3,(H,24,26). The maximum absolute atomic E-state index is 13.2. The molecule has 4 nitrogen and oxygen atoms in total. The average molecular weight is 380 g/mol. The lowest BCUT2D eigenvalue weighted by molar-refractivity contribution is -0.126. The van der Waals surface area contributed by atoms with Gasteiger partial charge >= 0.3 is 0 Å². The quantitative estimate of drug-likeness (QED) is 0.658. The summed E-state index contributed by atoms with van der Waals surface area (Å²) in [7, 11) is 0. The van der Waals surface area contributed by atoms with Crippen molar-refractivity contribution in [3.8, 4) is 0 Å². The Bertz CT molecular complexity index is 902. The number of nitrogens with one attached hydrogen (secondary N) is 1. The number of aromatic nitrogens is 1. The molecule has 0 saturated heterocycles. The van der Waals surface area contributed by atoms with Crippen LogP contribution in [0.1, 0.15) is 30.3 Å². The second-order valence-corrected chi connectivity index (χ2v) is 8.78. The molecule has 27 heavy (non-hydrogen) atoms. The molecule has 1 saturated carbocycles. The number of thiazole rings is 1. The van der Waals surface area contributed by atoms with Gasteiger partial charge in [0.25, 0.3) is 0 Å². The van der Waals surface area contributed by atoms with Crippen LogP contribution in [0.15, 0.2) is 54.6 Å². The Balaban J connectivity index is 1.60. The Kier molecular flexibility index (Phi) is 4.98. The molecule has 2 aromatic carbocycles.